The summed E-state index contributed by atoms with van der Waals surface area (Å²) in [4.78, 5) is 21.3. The molecule has 0 N–H and O–H groups in total. The molecule has 9 heteroatoms. The van der Waals surface area contributed by atoms with E-state index in [-0.39, 0.29) is 12.4 Å². The van der Waals surface area contributed by atoms with Crippen molar-refractivity contribution in [3.8, 4) is 11.3 Å². The SMILES string of the molecule is COCCOC(=O)c1ccc2nc(-c3ccccc3)c(N(C)S(C)(=O)=O)nc2c1. The number of aromatic nitrogens is 2. The van der Waals surface area contributed by atoms with Crippen molar-refractivity contribution in [1.82, 2.24) is 9.97 Å². The van der Waals surface area contributed by atoms with Crippen LogP contribution in [0.25, 0.3) is 22.3 Å². The number of carbonyl (C=O) groups is 1. The van der Waals surface area contributed by atoms with Crippen molar-refractivity contribution in [1.29, 1.82) is 0 Å². The van der Waals surface area contributed by atoms with Crippen LogP contribution in [0.3, 0.4) is 0 Å². The molecule has 152 valence electrons. The topological polar surface area (TPSA) is 98.7 Å². The molecule has 0 aliphatic heterocycles. The number of hydrogen-bond donors (Lipinski definition) is 0. The Morgan fingerprint density at radius 1 is 1.03 bits per heavy atom. The highest BCUT2D eigenvalue weighted by Gasteiger charge is 2.21. The zero-order valence-corrected chi connectivity index (χ0v) is 17.1. The zero-order chi connectivity index (χ0) is 21.0. The molecule has 0 saturated heterocycles. The van der Waals surface area contributed by atoms with Gasteiger partial charge in [0, 0.05) is 19.7 Å². The summed E-state index contributed by atoms with van der Waals surface area (Å²) in [5, 5.41) is 0. The van der Waals surface area contributed by atoms with Crippen LogP contribution < -0.4 is 4.31 Å². The van der Waals surface area contributed by atoms with Gasteiger partial charge in [0.2, 0.25) is 10.0 Å². The van der Waals surface area contributed by atoms with E-state index in [2.05, 4.69) is 9.97 Å². The molecular formula is C20H21N3O5S. The van der Waals surface area contributed by atoms with Gasteiger partial charge in [0.25, 0.3) is 0 Å². The van der Waals surface area contributed by atoms with Crippen LogP contribution in [0.5, 0.6) is 0 Å². The Bertz CT molecular complexity index is 1130. The van der Waals surface area contributed by atoms with Gasteiger partial charge in [-0.3, -0.25) is 4.31 Å². The number of sulfonamides is 1. The number of carbonyl (C=O) groups excluding carboxylic acids is 1. The molecule has 3 aromatic rings. The molecule has 0 spiro atoms. The van der Waals surface area contributed by atoms with Gasteiger partial charge in [-0.25, -0.2) is 23.2 Å². The van der Waals surface area contributed by atoms with Gasteiger partial charge < -0.3 is 9.47 Å². The first kappa shape index (κ1) is 20.7. The fraction of sp³-hybridized carbons (Fsp3) is 0.250. The van der Waals surface area contributed by atoms with E-state index in [1.54, 1.807) is 12.1 Å². The molecule has 0 amide bonds. The Labute approximate surface area is 169 Å². The van der Waals surface area contributed by atoms with Crippen molar-refractivity contribution in [3.63, 3.8) is 0 Å². The minimum Gasteiger partial charge on any atom is -0.460 e. The Balaban J connectivity index is 2.12. The molecular weight excluding hydrogens is 394 g/mol. The summed E-state index contributed by atoms with van der Waals surface area (Å²) in [6, 6.07) is 14.0. The lowest BCUT2D eigenvalue weighted by Crippen LogP contribution is -2.26. The zero-order valence-electron chi connectivity index (χ0n) is 16.3. The first-order valence-electron chi connectivity index (χ1n) is 8.78. The molecule has 0 aliphatic rings. The van der Waals surface area contributed by atoms with Crippen LogP contribution in [0.1, 0.15) is 10.4 Å². The minimum atomic E-state index is -3.57. The summed E-state index contributed by atoms with van der Waals surface area (Å²) < 4.78 is 35.4. The number of rotatable bonds is 7. The van der Waals surface area contributed by atoms with E-state index in [0.717, 1.165) is 16.1 Å². The van der Waals surface area contributed by atoms with Crippen LogP contribution in [0.2, 0.25) is 0 Å². The molecule has 2 aromatic carbocycles. The van der Waals surface area contributed by atoms with Crippen LogP contribution in [-0.2, 0) is 19.5 Å². The summed E-state index contributed by atoms with van der Waals surface area (Å²) >= 11 is 0. The summed E-state index contributed by atoms with van der Waals surface area (Å²) in [6.07, 6.45) is 1.09. The van der Waals surface area contributed by atoms with Crippen molar-refractivity contribution in [2.75, 3.05) is 37.9 Å². The molecule has 1 heterocycles. The molecule has 0 aliphatic carbocycles. The van der Waals surface area contributed by atoms with Gasteiger partial charge in [-0.15, -0.1) is 0 Å². The van der Waals surface area contributed by atoms with Gasteiger partial charge in [-0.05, 0) is 18.2 Å². The maximum absolute atomic E-state index is 12.2. The second-order valence-corrected chi connectivity index (χ2v) is 8.34. The van der Waals surface area contributed by atoms with Crippen LogP contribution in [0.4, 0.5) is 5.82 Å². The van der Waals surface area contributed by atoms with E-state index < -0.39 is 16.0 Å². The maximum Gasteiger partial charge on any atom is 0.338 e. The smallest absolute Gasteiger partial charge is 0.338 e. The Hall–Kier alpha value is -3.04. The van der Waals surface area contributed by atoms with Gasteiger partial charge >= 0.3 is 5.97 Å². The van der Waals surface area contributed by atoms with E-state index >= 15 is 0 Å². The van der Waals surface area contributed by atoms with Crippen LogP contribution >= 0.6 is 0 Å². The lowest BCUT2D eigenvalue weighted by molar-refractivity contribution is 0.0388. The van der Waals surface area contributed by atoms with Crippen molar-refractivity contribution in [2.24, 2.45) is 0 Å². The Kier molecular flexibility index (Phi) is 6.09. The van der Waals surface area contributed by atoms with Crippen molar-refractivity contribution in [3.05, 3.63) is 54.1 Å². The molecule has 0 saturated carbocycles. The quantitative estimate of drug-likeness (QED) is 0.432. The number of fused-ring (bicyclic) bond motifs is 1. The maximum atomic E-state index is 12.2. The summed E-state index contributed by atoms with van der Waals surface area (Å²) in [6.45, 7) is 0.428. The lowest BCUT2D eigenvalue weighted by Gasteiger charge is -2.19. The molecule has 0 unspecified atom stereocenters. The summed E-state index contributed by atoms with van der Waals surface area (Å²) in [7, 11) is -0.637. The number of anilines is 1. The average Bonchev–Trinajstić information content (AvgIpc) is 2.72. The highest BCUT2D eigenvalue weighted by molar-refractivity contribution is 7.92. The summed E-state index contributed by atoms with van der Waals surface area (Å²) in [5.74, 6) is -0.341. The van der Waals surface area contributed by atoms with E-state index in [4.69, 9.17) is 9.47 Å². The number of methoxy groups -OCH3 is 1. The minimum absolute atomic E-state index is 0.133. The largest absolute Gasteiger partial charge is 0.460 e. The Morgan fingerprint density at radius 3 is 2.41 bits per heavy atom. The second kappa shape index (κ2) is 8.54. The third kappa shape index (κ3) is 4.69. The van der Waals surface area contributed by atoms with E-state index in [9.17, 15) is 13.2 Å². The van der Waals surface area contributed by atoms with Gasteiger partial charge in [0.05, 0.1) is 29.5 Å². The lowest BCUT2D eigenvalue weighted by atomic mass is 10.1. The number of nitrogens with zero attached hydrogens (tertiary/aromatic N) is 3. The van der Waals surface area contributed by atoms with E-state index in [0.29, 0.717) is 28.9 Å². The van der Waals surface area contributed by atoms with Crippen molar-refractivity contribution in [2.45, 2.75) is 0 Å². The first-order valence-corrected chi connectivity index (χ1v) is 10.6. The third-order valence-corrected chi connectivity index (χ3v) is 5.41. The van der Waals surface area contributed by atoms with Crippen LogP contribution in [0, 0.1) is 0 Å². The number of benzene rings is 2. The number of hydrogen-bond acceptors (Lipinski definition) is 7. The molecule has 0 atom stereocenters. The normalized spacial score (nSPS) is 11.4. The van der Waals surface area contributed by atoms with Crippen LogP contribution in [0.15, 0.2) is 48.5 Å². The molecule has 1 aromatic heterocycles. The monoisotopic (exact) mass is 415 g/mol. The van der Waals surface area contributed by atoms with E-state index in [1.165, 1.54) is 20.2 Å². The third-order valence-electron chi connectivity index (χ3n) is 4.25. The second-order valence-electron chi connectivity index (χ2n) is 6.32. The van der Waals surface area contributed by atoms with Gasteiger partial charge in [0.1, 0.15) is 12.3 Å². The standard InChI is InChI=1S/C20H21N3O5S/c1-23(29(3,25)26)19-18(14-7-5-4-6-8-14)21-16-10-9-15(13-17(16)22-19)20(24)28-12-11-27-2/h4-10,13H,11-12H2,1-3H3. The van der Waals surface area contributed by atoms with Crippen molar-refractivity contribution >= 4 is 32.8 Å². The summed E-state index contributed by atoms with van der Waals surface area (Å²) in [5.41, 5.74) is 2.37. The molecule has 0 radical (unpaired) electrons. The fourth-order valence-corrected chi connectivity index (χ4v) is 3.08. The predicted molar refractivity (Wildman–Crippen MR) is 110 cm³/mol. The predicted octanol–water partition coefficient (Wildman–Crippen LogP) is 2.50. The molecule has 0 fully saturated rings. The number of ether oxygens (including phenoxy) is 2. The molecule has 8 nitrogen and oxygen atoms in total. The highest BCUT2D eigenvalue weighted by atomic mass is 32.2. The van der Waals surface area contributed by atoms with Crippen LogP contribution in [-0.4, -0.2) is 58.0 Å². The number of esters is 1. The van der Waals surface area contributed by atoms with Crippen molar-refractivity contribution < 1.29 is 22.7 Å². The van der Waals surface area contributed by atoms with Gasteiger partial charge in [-0.2, -0.15) is 0 Å². The molecule has 3 rings (SSSR count). The van der Waals surface area contributed by atoms with Gasteiger partial charge in [0.15, 0.2) is 5.82 Å². The highest BCUT2D eigenvalue weighted by Crippen LogP contribution is 2.30. The van der Waals surface area contributed by atoms with Gasteiger partial charge in [-0.1, -0.05) is 30.3 Å². The first-order chi connectivity index (χ1) is 13.8. The molecule has 29 heavy (non-hydrogen) atoms. The average molecular weight is 415 g/mol. The van der Waals surface area contributed by atoms with E-state index in [1.807, 2.05) is 30.3 Å². The fourth-order valence-electron chi connectivity index (χ4n) is 2.64. The molecule has 0 bridgehead atoms. The Morgan fingerprint density at radius 2 is 1.76 bits per heavy atom.